The Bertz CT molecular complexity index is 1460. The van der Waals surface area contributed by atoms with Gasteiger partial charge in [-0.15, -0.1) is 0 Å². The van der Waals surface area contributed by atoms with Gasteiger partial charge < -0.3 is 10.1 Å². The van der Waals surface area contributed by atoms with Crippen molar-refractivity contribution in [2.45, 2.75) is 25.3 Å². The number of ether oxygens (including phenoxy) is 1. The molecule has 0 aromatic heterocycles. The van der Waals surface area contributed by atoms with Gasteiger partial charge in [0.2, 0.25) is 0 Å². The summed E-state index contributed by atoms with van der Waals surface area (Å²) in [7, 11) is -3.95. The molecule has 0 saturated carbocycles. The third-order valence-electron chi connectivity index (χ3n) is 5.89. The number of amides is 1. The number of rotatable bonds is 10. The SMILES string of the molecule is Cc1ccc(OCCNC(=O)c2ccccc2N(Cc2ccccc2)S(=O)(=O)c2ccccc2)c(C)c1. The number of aryl methyl sites for hydroxylation is 2. The normalized spacial score (nSPS) is 11.1. The molecule has 37 heavy (non-hydrogen) atoms. The third-order valence-corrected chi connectivity index (χ3v) is 7.67. The summed E-state index contributed by atoms with van der Waals surface area (Å²) in [5.74, 6) is 0.393. The minimum absolute atomic E-state index is 0.0815. The molecule has 1 N–H and O–H groups in total. The summed E-state index contributed by atoms with van der Waals surface area (Å²) in [5.41, 5.74) is 3.56. The van der Waals surface area contributed by atoms with Crippen LogP contribution in [-0.4, -0.2) is 27.5 Å². The van der Waals surface area contributed by atoms with Crippen molar-refractivity contribution in [2.24, 2.45) is 0 Å². The monoisotopic (exact) mass is 514 g/mol. The van der Waals surface area contributed by atoms with Gasteiger partial charge in [-0.1, -0.05) is 78.4 Å². The van der Waals surface area contributed by atoms with Crippen LogP contribution in [0, 0.1) is 13.8 Å². The van der Waals surface area contributed by atoms with Crippen LogP contribution in [0.4, 0.5) is 5.69 Å². The molecule has 4 rings (SSSR count). The molecule has 0 saturated heterocycles. The second-order valence-corrected chi connectivity index (χ2v) is 10.6. The highest BCUT2D eigenvalue weighted by Gasteiger charge is 2.28. The van der Waals surface area contributed by atoms with Crippen molar-refractivity contribution in [1.29, 1.82) is 0 Å². The van der Waals surface area contributed by atoms with E-state index in [1.807, 2.05) is 62.4 Å². The van der Waals surface area contributed by atoms with Gasteiger partial charge in [-0.2, -0.15) is 0 Å². The Labute approximate surface area is 218 Å². The lowest BCUT2D eigenvalue weighted by Crippen LogP contribution is -2.34. The van der Waals surface area contributed by atoms with Crippen LogP contribution in [0.2, 0.25) is 0 Å². The molecule has 0 bridgehead atoms. The highest BCUT2D eigenvalue weighted by atomic mass is 32.2. The molecule has 0 spiro atoms. The summed E-state index contributed by atoms with van der Waals surface area (Å²) >= 11 is 0. The van der Waals surface area contributed by atoms with E-state index < -0.39 is 10.0 Å². The summed E-state index contributed by atoms with van der Waals surface area (Å²) in [6, 6.07) is 30.2. The third kappa shape index (κ3) is 6.37. The van der Waals surface area contributed by atoms with E-state index in [9.17, 15) is 13.2 Å². The molecule has 1 amide bonds. The van der Waals surface area contributed by atoms with Gasteiger partial charge in [-0.25, -0.2) is 8.42 Å². The fourth-order valence-electron chi connectivity index (χ4n) is 4.03. The lowest BCUT2D eigenvalue weighted by atomic mass is 10.1. The van der Waals surface area contributed by atoms with Crippen LogP contribution in [0.3, 0.4) is 0 Å². The number of carbonyl (C=O) groups is 1. The first-order valence-electron chi connectivity index (χ1n) is 12.1. The zero-order valence-electron chi connectivity index (χ0n) is 20.9. The van der Waals surface area contributed by atoms with E-state index in [2.05, 4.69) is 5.32 Å². The molecule has 0 radical (unpaired) electrons. The van der Waals surface area contributed by atoms with E-state index in [1.165, 1.54) is 4.31 Å². The predicted octanol–water partition coefficient (Wildman–Crippen LogP) is 5.51. The smallest absolute Gasteiger partial charge is 0.264 e. The molecule has 4 aromatic carbocycles. The first kappa shape index (κ1) is 26.0. The van der Waals surface area contributed by atoms with Crippen molar-refractivity contribution in [3.63, 3.8) is 0 Å². The van der Waals surface area contributed by atoms with E-state index in [0.29, 0.717) is 5.69 Å². The average Bonchev–Trinajstić information content (AvgIpc) is 2.91. The number of sulfonamides is 1. The minimum Gasteiger partial charge on any atom is -0.491 e. The standard InChI is InChI=1S/C30H30N2O4S/c1-23-17-18-29(24(2)21-23)36-20-19-31-30(33)27-15-9-10-16-28(27)32(22-25-11-5-3-6-12-25)37(34,35)26-13-7-4-8-14-26/h3-18,21H,19-20,22H2,1-2H3,(H,31,33). The number of nitrogens with one attached hydrogen (secondary N) is 1. The lowest BCUT2D eigenvalue weighted by Gasteiger charge is -2.26. The van der Waals surface area contributed by atoms with Crippen molar-refractivity contribution in [2.75, 3.05) is 17.5 Å². The van der Waals surface area contributed by atoms with Crippen molar-refractivity contribution in [3.05, 3.63) is 125 Å². The summed E-state index contributed by atoms with van der Waals surface area (Å²) < 4.78 is 34.6. The number of nitrogens with zero attached hydrogens (tertiary/aromatic N) is 1. The van der Waals surface area contributed by atoms with Crippen molar-refractivity contribution in [1.82, 2.24) is 5.32 Å². The van der Waals surface area contributed by atoms with Gasteiger partial charge in [0.15, 0.2) is 0 Å². The van der Waals surface area contributed by atoms with E-state index in [-0.39, 0.29) is 36.1 Å². The molecule has 7 heteroatoms. The second kappa shape index (κ2) is 11.8. The first-order chi connectivity index (χ1) is 17.9. The molecule has 0 heterocycles. The maximum Gasteiger partial charge on any atom is 0.264 e. The molecule has 190 valence electrons. The lowest BCUT2D eigenvalue weighted by molar-refractivity contribution is 0.0947. The van der Waals surface area contributed by atoms with Crippen LogP contribution in [0.15, 0.2) is 108 Å². The number of para-hydroxylation sites is 1. The Hall–Kier alpha value is -4.10. The molecular formula is C30H30N2O4S. The Balaban J connectivity index is 1.57. The zero-order valence-corrected chi connectivity index (χ0v) is 21.7. The van der Waals surface area contributed by atoms with Crippen molar-refractivity contribution in [3.8, 4) is 5.75 Å². The summed E-state index contributed by atoms with van der Waals surface area (Å²) in [4.78, 5) is 13.4. The molecule has 0 fully saturated rings. The molecule has 0 aliphatic rings. The fourth-order valence-corrected chi connectivity index (χ4v) is 5.53. The van der Waals surface area contributed by atoms with Crippen LogP contribution in [-0.2, 0) is 16.6 Å². The van der Waals surface area contributed by atoms with E-state index in [1.54, 1.807) is 54.6 Å². The number of hydrogen-bond acceptors (Lipinski definition) is 4. The number of carbonyl (C=O) groups excluding carboxylic acids is 1. The van der Waals surface area contributed by atoms with E-state index in [0.717, 1.165) is 22.4 Å². The van der Waals surface area contributed by atoms with Gasteiger partial charge in [0, 0.05) is 0 Å². The molecular weight excluding hydrogens is 484 g/mol. The number of benzene rings is 4. The molecule has 4 aromatic rings. The van der Waals surface area contributed by atoms with Gasteiger partial charge in [-0.3, -0.25) is 9.10 Å². The van der Waals surface area contributed by atoms with Crippen LogP contribution in [0.1, 0.15) is 27.0 Å². The Kier molecular flexibility index (Phi) is 8.25. The maximum absolute atomic E-state index is 13.8. The average molecular weight is 515 g/mol. The van der Waals surface area contributed by atoms with Gasteiger partial charge in [0.1, 0.15) is 12.4 Å². The summed E-state index contributed by atoms with van der Waals surface area (Å²) in [5, 5.41) is 2.86. The van der Waals surface area contributed by atoms with Crippen LogP contribution >= 0.6 is 0 Å². The minimum atomic E-state index is -3.95. The van der Waals surface area contributed by atoms with E-state index in [4.69, 9.17) is 4.74 Å². The topological polar surface area (TPSA) is 75.7 Å². The summed E-state index contributed by atoms with van der Waals surface area (Å²) in [6.07, 6.45) is 0. The van der Waals surface area contributed by atoms with E-state index >= 15 is 0 Å². The Morgan fingerprint density at radius 2 is 1.49 bits per heavy atom. The molecule has 0 aliphatic carbocycles. The van der Waals surface area contributed by atoms with Gasteiger partial charge >= 0.3 is 0 Å². The van der Waals surface area contributed by atoms with Crippen LogP contribution < -0.4 is 14.4 Å². The highest BCUT2D eigenvalue weighted by molar-refractivity contribution is 7.92. The number of anilines is 1. The Morgan fingerprint density at radius 3 is 2.19 bits per heavy atom. The molecule has 0 aliphatic heterocycles. The molecule has 0 unspecified atom stereocenters. The zero-order chi connectivity index (χ0) is 26.3. The van der Waals surface area contributed by atoms with Crippen LogP contribution in [0.5, 0.6) is 5.75 Å². The highest BCUT2D eigenvalue weighted by Crippen LogP contribution is 2.29. The van der Waals surface area contributed by atoms with Gasteiger partial charge in [0.25, 0.3) is 15.9 Å². The summed E-state index contributed by atoms with van der Waals surface area (Å²) in [6.45, 7) is 4.63. The quantitative estimate of drug-likeness (QED) is 0.283. The van der Waals surface area contributed by atoms with Crippen molar-refractivity contribution < 1.29 is 17.9 Å². The molecule has 6 nitrogen and oxygen atoms in total. The first-order valence-corrected chi connectivity index (χ1v) is 13.5. The van der Waals surface area contributed by atoms with Crippen LogP contribution in [0.25, 0.3) is 0 Å². The Morgan fingerprint density at radius 1 is 0.838 bits per heavy atom. The molecule has 0 atom stereocenters. The second-order valence-electron chi connectivity index (χ2n) is 8.70. The van der Waals surface area contributed by atoms with Gasteiger partial charge in [-0.05, 0) is 55.3 Å². The fraction of sp³-hybridized carbons (Fsp3) is 0.167. The van der Waals surface area contributed by atoms with Gasteiger partial charge in [0.05, 0.1) is 29.2 Å². The predicted molar refractivity (Wildman–Crippen MR) is 146 cm³/mol. The number of hydrogen-bond donors (Lipinski definition) is 1. The van der Waals surface area contributed by atoms with Crippen molar-refractivity contribution >= 4 is 21.6 Å². The maximum atomic E-state index is 13.8. The largest absolute Gasteiger partial charge is 0.491 e.